The second-order valence-corrected chi connectivity index (χ2v) is 11.8. The molecule has 3 fully saturated rings. The molecular weight excluding hydrogens is 513 g/mol. The number of nitrogens with zero attached hydrogens (tertiary/aromatic N) is 4. The Balaban J connectivity index is 1.38. The number of carbonyl (C=O) groups is 1. The van der Waals surface area contributed by atoms with Crippen LogP contribution in [-0.2, 0) is 19.6 Å². The van der Waals surface area contributed by atoms with E-state index in [0.717, 1.165) is 25.9 Å². The van der Waals surface area contributed by atoms with Gasteiger partial charge in [-0.2, -0.15) is 18.4 Å². The summed E-state index contributed by atoms with van der Waals surface area (Å²) in [6, 6.07) is 8.05. The summed E-state index contributed by atoms with van der Waals surface area (Å²) in [5, 5.41) is 9.31. The number of hydrogen-bond donors (Lipinski definition) is 0. The molecule has 3 atom stereocenters. The van der Waals surface area contributed by atoms with Gasteiger partial charge >= 0.3 is 6.18 Å². The molecule has 6 rings (SSSR count). The van der Waals surface area contributed by atoms with Gasteiger partial charge in [0.15, 0.2) is 5.78 Å². The Bertz CT molecular complexity index is 1510. The van der Waals surface area contributed by atoms with Crippen molar-refractivity contribution in [2.24, 2.45) is 24.8 Å². The van der Waals surface area contributed by atoms with Crippen LogP contribution in [0.3, 0.4) is 0 Å². The highest BCUT2D eigenvalue weighted by atomic mass is 19.4. The van der Waals surface area contributed by atoms with Gasteiger partial charge in [-0.3, -0.25) is 4.79 Å². The molecule has 1 unspecified atom stereocenters. The lowest BCUT2D eigenvalue weighted by Crippen LogP contribution is -2.41. The van der Waals surface area contributed by atoms with Gasteiger partial charge in [0.25, 0.3) is 0 Å². The number of carbonyl (C=O) groups excluding carboxylic acids is 1. The monoisotopic (exact) mass is 546 g/mol. The number of fused-ring (bicyclic) bond motifs is 3. The molecule has 5 nitrogen and oxygen atoms in total. The molecule has 0 amide bonds. The molecule has 3 aliphatic rings. The number of ketones is 1. The molecule has 3 heterocycles. The van der Waals surface area contributed by atoms with Crippen molar-refractivity contribution in [1.82, 2.24) is 14.5 Å². The van der Waals surface area contributed by atoms with Crippen LogP contribution in [0.15, 0.2) is 48.9 Å². The van der Waals surface area contributed by atoms with Gasteiger partial charge in [-0.15, -0.1) is 0 Å². The average Bonchev–Trinajstić information content (AvgIpc) is 3.64. The van der Waals surface area contributed by atoms with Crippen LogP contribution in [0.4, 0.5) is 13.2 Å². The van der Waals surface area contributed by atoms with Gasteiger partial charge in [-0.1, -0.05) is 31.6 Å². The van der Waals surface area contributed by atoms with E-state index in [9.17, 15) is 23.2 Å². The standard InChI is InChI=1S/C32H33F3N4O/c1-19(21-7-3-4-8-21)39-16-23-10-11-24(17-39)28(23)26-18-38(2)31-29(26)30(32(33,34)35)25(15-37-31)13-27(40)22-9-5-6-20(12-22)14-36/h5-6,9,12,15,18,21,23-24,28H,1,3-4,7-8,10-11,13,16-17H2,2H3/t23-,24+,28?. The minimum Gasteiger partial charge on any atom is -0.374 e. The van der Waals surface area contributed by atoms with Crippen LogP contribution in [0.5, 0.6) is 0 Å². The number of halogens is 3. The Kier molecular flexibility index (Phi) is 6.72. The van der Waals surface area contributed by atoms with Gasteiger partial charge in [-0.25, -0.2) is 4.98 Å². The fourth-order valence-electron chi connectivity index (χ4n) is 7.65. The number of hydrogen-bond acceptors (Lipinski definition) is 4. The summed E-state index contributed by atoms with van der Waals surface area (Å²) in [6.45, 7) is 6.10. The summed E-state index contributed by atoms with van der Waals surface area (Å²) in [5.41, 5.74) is 1.84. The number of aromatic nitrogens is 2. The molecule has 1 aliphatic heterocycles. The summed E-state index contributed by atoms with van der Waals surface area (Å²) >= 11 is 0. The van der Waals surface area contributed by atoms with Crippen LogP contribution in [0, 0.1) is 29.1 Å². The first-order chi connectivity index (χ1) is 19.2. The summed E-state index contributed by atoms with van der Waals surface area (Å²) in [4.78, 5) is 20.0. The number of alkyl halides is 3. The normalized spacial score (nSPS) is 23.1. The first-order valence-electron chi connectivity index (χ1n) is 14.2. The van der Waals surface area contributed by atoms with E-state index in [1.807, 2.05) is 12.3 Å². The number of rotatable bonds is 6. The molecule has 0 N–H and O–H groups in total. The molecule has 2 saturated carbocycles. The average molecular weight is 547 g/mol. The molecule has 0 spiro atoms. The fraction of sp³-hybridized carbons (Fsp3) is 0.469. The van der Waals surface area contributed by atoms with Gasteiger partial charge in [-0.05, 0) is 72.6 Å². The van der Waals surface area contributed by atoms with Gasteiger partial charge in [0.2, 0.25) is 0 Å². The molecule has 2 aromatic heterocycles. The van der Waals surface area contributed by atoms with Crippen molar-refractivity contribution in [3.05, 3.63) is 76.8 Å². The van der Waals surface area contributed by atoms with E-state index in [-0.39, 0.29) is 34.3 Å². The maximum atomic E-state index is 14.8. The molecule has 1 aromatic carbocycles. The van der Waals surface area contributed by atoms with Crippen LogP contribution in [-0.4, -0.2) is 33.3 Å². The highest BCUT2D eigenvalue weighted by Crippen LogP contribution is 2.52. The number of benzene rings is 1. The second kappa shape index (κ2) is 10.1. The number of pyridine rings is 1. The van der Waals surface area contributed by atoms with Crippen molar-refractivity contribution in [2.45, 2.75) is 57.0 Å². The summed E-state index contributed by atoms with van der Waals surface area (Å²) in [7, 11) is 1.75. The fourth-order valence-corrected chi connectivity index (χ4v) is 7.65. The third-order valence-electron chi connectivity index (χ3n) is 9.47. The Morgan fingerprint density at radius 2 is 1.85 bits per heavy atom. The molecule has 2 bridgehead atoms. The topological polar surface area (TPSA) is 61.9 Å². The van der Waals surface area contributed by atoms with Crippen molar-refractivity contribution in [1.29, 1.82) is 5.26 Å². The van der Waals surface area contributed by atoms with Crippen LogP contribution in [0.25, 0.3) is 11.0 Å². The number of piperidine rings is 1. The SMILES string of the molecule is C=C(C1CCCC1)N1C[C@H]2CC[C@@H](C1)C2c1cn(C)c2ncc(CC(=O)c3cccc(C#N)c3)c(C(F)(F)F)c12. The first kappa shape index (κ1) is 26.6. The Labute approximate surface area is 232 Å². The van der Waals surface area contributed by atoms with Crippen molar-refractivity contribution < 1.29 is 18.0 Å². The number of allylic oxidation sites excluding steroid dienone is 1. The largest absolute Gasteiger partial charge is 0.417 e. The lowest BCUT2D eigenvalue weighted by molar-refractivity contribution is -0.136. The van der Waals surface area contributed by atoms with Crippen molar-refractivity contribution in [3.63, 3.8) is 0 Å². The maximum absolute atomic E-state index is 14.8. The van der Waals surface area contributed by atoms with Crippen LogP contribution in [0.2, 0.25) is 0 Å². The van der Waals surface area contributed by atoms with Crippen molar-refractivity contribution in [2.75, 3.05) is 13.1 Å². The van der Waals surface area contributed by atoms with Crippen LogP contribution in [0.1, 0.15) is 77.1 Å². The Hall–Kier alpha value is -3.60. The van der Waals surface area contributed by atoms with Gasteiger partial charge in [0.1, 0.15) is 5.65 Å². The molecule has 2 aliphatic carbocycles. The minimum atomic E-state index is -4.65. The van der Waals surface area contributed by atoms with E-state index in [2.05, 4.69) is 16.5 Å². The number of likely N-dealkylation sites (tertiary alicyclic amines) is 1. The van der Waals surface area contributed by atoms with Gasteiger partial charge in [0.05, 0.1) is 17.2 Å². The molecule has 40 heavy (non-hydrogen) atoms. The number of Topliss-reactive ketones (excluding diaryl/α,β-unsaturated/α-hetero) is 1. The van der Waals surface area contributed by atoms with E-state index in [1.165, 1.54) is 49.7 Å². The molecular formula is C32H33F3N4O. The van der Waals surface area contributed by atoms with Gasteiger partial charge in [0, 0.05) is 55.6 Å². The third-order valence-corrected chi connectivity index (χ3v) is 9.47. The Morgan fingerprint density at radius 3 is 2.50 bits per heavy atom. The molecule has 208 valence electrons. The van der Waals surface area contributed by atoms with E-state index in [0.29, 0.717) is 22.7 Å². The zero-order chi connectivity index (χ0) is 28.2. The first-order valence-corrected chi connectivity index (χ1v) is 14.2. The van der Waals surface area contributed by atoms with Crippen LogP contribution >= 0.6 is 0 Å². The Morgan fingerprint density at radius 1 is 1.15 bits per heavy atom. The molecule has 8 heteroatoms. The van der Waals surface area contributed by atoms with E-state index in [1.54, 1.807) is 23.7 Å². The summed E-state index contributed by atoms with van der Waals surface area (Å²) < 4.78 is 46.2. The lowest BCUT2D eigenvalue weighted by atomic mass is 9.78. The zero-order valence-electron chi connectivity index (χ0n) is 22.7. The van der Waals surface area contributed by atoms with E-state index < -0.39 is 23.9 Å². The minimum absolute atomic E-state index is 0.0116. The van der Waals surface area contributed by atoms with E-state index in [4.69, 9.17) is 0 Å². The highest BCUT2D eigenvalue weighted by Gasteiger charge is 2.46. The molecule has 3 aromatic rings. The van der Waals surface area contributed by atoms with Crippen molar-refractivity contribution >= 4 is 16.8 Å². The van der Waals surface area contributed by atoms with E-state index >= 15 is 0 Å². The smallest absolute Gasteiger partial charge is 0.374 e. The predicted molar refractivity (Wildman–Crippen MR) is 147 cm³/mol. The number of aryl methyl sites for hydroxylation is 1. The molecule has 1 saturated heterocycles. The highest BCUT2D eigenvalue weighted by molar-refractivity contribution is 5.99. The zero-order valence-corrected chi connectivity index (χ0v) is 22.7. The summed E-state index contributed by atoms with van der Waals surface area (Å²) in [6.07, 6.45) is 4.77. The maximum Gasteiger partial charge on any atom is 0.417 e. The second-order valence-electron chi connectivity index (χ2n) is 11.8. The predicted octanol–water partition coefficient (Wildman–Crippen LogP) is 7.02. The van der Waals surface area contributed by atoms with Crippen molar-refractivity contribution in [3.8, 4) is 6.07 Å². The quantitative estimate of drug-likeness (QED) is 0.312. The molecule has 0 radical (unpaired) electrons. The lowest BCUT2D eigenvalue weighted by Gasteiger charge is -2.41. The van der Waals surface area contributed by atoms with Crippen LogP contribution < -0.4 is 0 Å². The third kappa shape index (κ3) is 4.59. The summed E-state index contributed by atoms with van der Waals surface area (Å²) in [5.74, 6) is 0.575. The van der Waals surface area contributed by atoms with Gasteiger partial charge < -0.3 is 9.47 Å². The number of nitriles is 1.